The third-order valence-electron chi connectivity index (χ3n) is 2.74. The zero-order valence-corrected chi connectivity index (χ0v) is 12.4. The molecule has 0 aromatic heterocycles. The minimum Gasteiger partial charge on any atom is -0.431 e. The van der Waals surface area contributed by atoms with E-state index in [0.29, 0.717) is 0 Å². The number of esters is 1. The molecule has 0 spiro atoms. The highest BCUT2D eigenvalue weighted by Crippen LogP contribution is 2.21. The van der Waals surface area contributed by atoms with E-state index in [4.69, 9.17) is 4.74 Å². The van der Waals surface area contributed by atoms with Gasteiger partial charge >= 0.3 is 5.97 Å². The van der Waals surface area contributed by atoms with Crippen molar-refractivity contribution in [3.8, 4) is 0 Å². The lowest BCUT2D eigenvalue weighted by atomic mass is 9.97. The summed E-state index contributed by atoms with van der Waals surface area (Å²) < 4.78 is 5.54. The molecule has 0 fully saturated rings. The van der Waals surface area contributed by atoms with Crippen LogP contribution in [-0.2, 0) is 9.53 Å². The van der Waals surface area contributed by atoms with E-state index in [9.17, 15) is 4.79 Å². The number of hydrogen-bond acceptors (Lipinski definition) is 2. The van der Waals surface area contributed by atoms with Crippen LogP contribution < -0.4 is 0 Å². The summed E-state index contributed by atoms with van der Waals surface area (Å²) in [6.45, 7) is 7.74. The van der Waals surface area contributed by atoms with E-state index < -0.39 is 5.41 Å². The highest BCUT2D eigenvalue weighted by Gasteiger charge is 2.24. The third kappa shape index (κ3) is 5.73. The van der Waals surface area contributed by atoms with Gasteiger partial charge in [0, 0.05) is 6.42 Å². The average Bonchev–Trinajstić information content (AvgIpc) is 2.36. The van der Waals surface area contributed by atoms with Gasteiger partial charge in [-0.2, -0.15) is 0 Å². The Bertz CT molecular complexity index is 424. The van der Waals surface area contributed by atoms with E-state index in [1.54, 1.807) is 0 Å². The molecule has 0 aliphatic carbocycles. The number of allylic oxidation sites excluding steroid dienone is 1. The Kier molecular flexibility index (Phi) is 5.81. The van der Waals surface area contributed by atoms with E-state index in [0.717, 1.165) is 30.6 Å². The van der Waals surface area contributed by atoms with Gasteiger partial charge in [-0.05, 0) is 38.8 Å². The topological polar surface area (TPSA) is 26.3 Å². The van der Waals surface area contributed by atoms with Gasteiger partial charge in [-0.25, -0.2) is 0 Å². The quantitative estimate of drug-likeness (QED) is 0.561. The normalized spacial score (nSPS) is 12.3. The van der Waals surface area contributed by atoms with Crippen molar-refractivity contribution in [1.29, 1.82) is 0 Å². The fourth-order valence-corrected chi connectivity index (χ4v) is 1.51. The molecule has 0 heterocycles. The van der Waals surface area contributed by atoms with E-state index in [1.165, 1.54) is 0 Å². The van der Waals surface area contributed by atoms with Crippen molar-refractivity contribution in [1.82, 2.24) is 0 Å². The highest BCUT2D eigenvalue weighted by atomic mass is 16.5. The second kappa shape index (κ2) is 7.13. The first-order chi connectivity index (χ1) is 8.93. The fraction of sp³-hybridized carbons (Fsp3) is 0.471. The monoisotopic (exact) mass is 260 g/mol. The number of unbranched alkanes of at least 4 members (excludes halogenated alkanes) is 1. The highest BCUT2D eigenvalue weighted by molar-refractivity contribution is 5.77. The second-order valence-corrected chi connectivity index (χ2v) is 5.76. The Hall–Kier alpha value is -1.57. The van der Waals surface area contributed by atoms with Crippen LogP contribution in [0, 0.1) is 5.41 Å². The average molecular weight is 260 g/mol. The van der Waals surface area contributed by atoms with Crippen molar-refractivity contribution in [3.63, 3.8) is 0 Å². The number of carbonyl (C=O) groups excluding carboxylic acids is 1. The number of carbonyl (C=O) groups is 1. The Morgan fingerprint density at radius 3 is 2.37 bits per heavy atom. The van der Waals surface area contributed by atoms with Crippen LogP contribution in [0.5, 0.6) is 0 Å². The van der Waals surface area contributed by atoms with E-state index in [-0.39, 0.29) is 5.97 Å². The molecule has 1 rings (SSSR count). The number of hydrogen-bond donors (Lipinski definition) is 0. The van der Waals surface area contributed by atoms with Gasteiger partial charge in [-0.3, -0.25) is 4.79 Å². The maximum atomic E-state index is 12.0. The molecular weight excluding hydrogens is 236 g/mol. The van der Waals surface area contributed by atoms with Crippen LogP contribution in [0.1, 0.15) is 52.5 Å². The summed E-state index contributed by atoms with van der Waals surface area (Å²) in [4.78, 5) is 12.0. The van der Waals surface area contributed by atoms with E-state index in [2.05, 4.69) is 6.92 Å². The standard InChI is InChI=1S/C17H24O2/c1-5-6-12-15(19-16(18)17(2,3)4)13-14-10-8-7-9-11-14/h7-11,13H,5-6,12H2,1-4H3/b15-13-. The predicted molar refractivity (Wildman–Crippen MR) is 79.5 cm³/mol. The molecule has 0 unspecified atom stereocenters. The van der Waals surface area contributed by atoms with Crippen LogP contribution >= 0.6 is 0 Å². The summed E-state index contributed by atoms with van der Waals surface area (Å²) in [6, 6.07) is 9.96. The lowest BCUT2D eigenvalue weighted by Crippen LogP contribution is -2.22. The van der Waals surface area contributed by atoms with Gasteiger partial charge in [0.2, 0.25) is 0 Å². The summed E-state index contributed by atoms with van der Waals surface area (Å²) in [5, 5.41) is 0. The van der Waals surface area contributed by atoms with Gasteiger partial charge in [-0.1, -0.05) is 43.7 Å². The number of ether oxygens (including phenoxy) is 1. The van der Waals surface area contributed by atoms with Crippen molar-refractivity contribution < 1.29 is 9.53 Å². The van der Waals surface area contributed by atoms with Gasteiger partial charge in [0.25, 0.3) is 0 Å². The maximum absolute atomic E-state index is 12.0. The molecule has 0 N–H and O–H groups in total. The van der Waals surface area contributed by atoms with Crippen LogP contribution in [0.4, 0.5) is 0 Å². The molecule has 19 heavy (non-hydrogen) atoms. The SMILES string of the molecule is CCCC/C(=C/c1ccccc1)OC(=O)C(C)(C)C. The number of benzene rings is 1. The molecular formula is C17H24O2. The predicted octanol–water partition coefficient (Wildman–Crippen LogP) is 4.81. The first kappa shape index (κ1) is 15.5. The van der Waals surface area contributed by atoms with Gasteiger partial charge in [-0.15, -0.1) is 0 Å². The molecule has 1 aromatic rings. The summed E-state index contributed by atoms with van der Waals surface area (Å²) in [5.41, 5.74) is 0.595. The Labute approximate surface area is 116 Å². The van der Waals surface area contributed by atoms with Crippen LogP contribution in [0.2, 0.25) is 0 Å². The van der Waals surface area contributed by atoms with Crippen LogP contribution in [0.3, 0.4) is 0 Å². The number of rotatable bonds is 5. The van der Waals surface area contributed by atoms with Crippen molar-refractivity contribution in [2.75, 3.05) is 0 Å². The van der Waals surface area contributed by atoms with Crippen molar-refractivity contribution in [2.45, 2.75) is 47.0 Å². The fourth-order valence-electron chi connectivity index (χ4n) is 1.51. The molecule has 0 amide bonds. The molecule has 0 saturated carbocycles. The van der Waals surface area contributed by atoms with Gasteiger partial charge < -0.3 is 4.74 Å². The molecule has 0 aliphatic heterocycles. The van der Waals surface area contributed by atoms with Crippen molar-refractivity contribution in [2.24, 2.45) is 5.41 Å². The molecule has 0 atom stereocenters. The van der Waals surface area contributed by atoms with Gasteiger partial charge in [0.1, 0.15) is 5.76 Å². The summed E-state index contributed by atoms with van der Waals surface area (Å²) in [7, 11) is 0. The summed E-state index contributed by atoms with van der Waals surface area (Å²) in [6.07, 6.45) is 4.86. The summed E-state index contributed by atoms with van der Waals surface area (Å²) >= 11 is 0. The molecule has 1 aromatic carbocycles. The van der Waals surface area contributed by atoms with Crippen molar-refractivity contribution >= 4 is 12.0 Å². The maximum Gasteiger partial charge on any atom is 0.316 e. The Morgan fingerprint density at radius 2 is 1.84 bits per heavy atom. The zero-order valence-electron chi connectivity index (χ0n) is 12.4. The lowest BCUT2D eigenvalue weighted by Gasteiger charge is -2.18. The van der Waals surface area contributed by atoms with Crippen LogP contribution in [0.15, 0.2) is 36.1 Å². The molecule has 104 valence electrons. The minimum atomic E-state index is -0.470. The largest absolute Gasteiger partial charge is 0.431 e. The Balaban J connectivity index is 2.83. The van der Waals surface area contributed by atoms with Crippen LogP contribution in [-0.4, -0.2) is 5.97 Å². The molecule has 2 nitrogen and oxygen atoms in total. The zero-order chi connectivity index (χ0) is 14.3. The molecule has 0 bridgehead atoms. The Morgan fingerprint density at radius 1 is 1.21 bits per heavy atom. The van der Waals surface area contributed by atoms with E-state index in [1.807, 2.05) is 57.2 Å². The van der Waals surface area contributed by atoms with Gasteiger partial charge in [0.15, 0.2) is 0 Å². The second-order valence-electron chi connectivity index (χ2n) is 5.76. The first-order valence-corrected chi connectivity index (χ1v) is 6.91. The van der Waals surface area contributed by atoms with Crippen molar-refractivity contribution in [3.05, 3.63) is 41.7 Å². The molecule has 0 radical (unpaired) electrons. The van der Waals surface area contributed by atoms with Crippen LogP contribution in [0.25, 0.3) is 6.08 Å². The smallest absolute Gasteiger partial charge is 0.316 e. The molecule has 0 saturated heterocycles. The lowest BCUT2D eigenvalue weighted by molar-refractivity contribution is -0.148. The van der Waals surface area contributed by atoms with Gasteiger partial charge in [0.05, 0.1) is 5.41 Å². The third-order valence-corrected chi connectivity index (χ3v) is 2.74. The molecule has 0 aliphatic rings. The summed E-state index contributed by atoms with van der Waals surface area (Å²) in [5.74, 6) is 0.582. The van der Waals surface area contributed by atoms with E-state index >= 15 is 0 Å². The first-order valence-electron chi connectivity index (χ1n) is 6.91. The molecule has 2 heteroatoms. The minimum absolute atomic E-state index is 0.175.